The zero-order chi connectivity index (χ0) is 6.85. The maximum atomic E-state index is 10.1. The summed E-state index contributed by atoms with van der Waals surface area (Å²) in [6.07, 6.45) is 0. The minimum absolute atomic E-state index is 0. The Morgan fingerprint density at radius 1 is 1.80 bits per heavy atom. The van der Waals surface area contributed by atoms with Crippen molar-refractivity contribution < 1.29 is 9.90 Å². The van der Waals surface area contributed by atoms with E-state index in [1.165, 1.54) is 5.38 Å². The second-order valence-electron chi connectivity index (χ2n) is 1.38. The fourth-order valence-electron chi connectivity index (χ4n) is 0.384. The Hall–Kier alpha value is -0.503. The second kappa shape index (κ2) is 3.61. The summed E-state index contributed by atoms with van der Waals surface area (Å²) in [5.41, 5.74) is 5.15. The number of nitrogens with zero attached hydrogens (tertiary/aromatic N) is 1. The van der Waals surface area contributed by atoms with E-state index in [-0.39, 0.29) is 29.7 Å². The van der Waals surface area contributed by atoms with Gasteiger partial charge in [-0.05, 0) is 0 Å². The number of hydrogen-bond acceptors (Lipinski definition) is 4. The van der Waals surface area contributed by atoms with Crippen LogP contribution in [0.2, 0.25) is 0 Å². The Bertz CT molecular complexity index is 237. The summed E-state index contributed by atoms with van der Waals surface area (Å²) in [5.74, 6) is -0.769. The van der Waals surface area contributed by atoms with E-state index in [9.17, 15) is 4.79 Å². The molecule has 1 aromatic rings. The summed E-state index contributed by atoms with van der Waals surface area (Å²) in [6.45, 7) is 0. The zero-order valence-corrected chi connectivity index (χ0v) is 6.18. The number of carbonyl (C=O) groups is 1. The molecule has 0 spiro atoms. The van der Waals surface area contributed by atoms with Gasteiger partial charge in [-0.15, -0.1) is 11.3 Å². The number of carboxylic acids is 1. The van der Waals surface area contributed by atoms with Crippen LogP contribution in [0, 0.1) is 0 Å². The van der Waals surface area contributed by atoms with Crippen LogP contribution in [0.3, 0.4) is 0 Å². The molecular formula is C4H4LiN2O2S. The molecule has 0 aliphatic rings. The first-order valence-electron chi connectivity index (χ1n) is 2.14. The molecule has 0 aliphatic carbocycles. The molecule has 0 aliphatic heterocycles. The molecular weight excluding hydrogens is 147 g/mol. The third-order valence-corrected chi connectivity index (χ3v) is 1.55. The van der Waals surface area contributed by atoms with E-state index < -0.39 is 5.97 Å². The number of rotatable bonds is 1. The van der Waals surface area contributed by atoms with Crippen LogP contribution in [0.1, 0.15) is 9.80 Å². The number of thiazole rings is 1. The van der Waals surface area contributed by atoms with Gasteiger partial charge in [-0.2, -0.15) is 0 Å². The summed E-state index contributed by atoms with van der Waals surface area (Å²) >= 11 is 1.02. The molecule has 0 aromatic carbocycles. The van der Waals surface area contributed by atoms with Gasteiger partial charge in [-0.1, -0.05) is 0 Å². The number of aromatic carboxylic acids is 1. The van der Waals surface area contributed by atoms with Crippen molar-refractivity contribution in [1.29, 1.82) is 0 Å². The maximum absolute atomic E-state index is 10.1. The Morgan fingerprint density at radius 2 is 2.40 bits per heavy atom. The van der Waals surface area contributed by atoms with Gasteiger partial charge in [0.2, 0.25) is 5.01 Å². The molecule has 1 heterocycles. The van der Waals surface area contributed by atoms with Crippen molar-refractivity contribution >= 4 is 42.0 Å². The van der Waals surface area contributed by atoms with Crippen molar-refractivity contribution in [2.24, 2.45) is 0 Å². The molecule has 0 saturated carbocycles. The molecule has 0 bridgehead atoms. The van der Waals surface area contributed by atoms with E-state index >= 15 is 0 Å². The van der Waals surface area contributed by atoms with Gasteiger partial charge >= 0.3 is 5.97 Å². The first-order chi connectivity index (χ1) is 4.20. The summed E-state index contributed by atoms with van der Waals surface area (Å²) in [5, 5.41) is 9.81. The van der Waals surface area contributed by atoms with E-state index in [1.807, 2.05) is 0 Å². The predicted octanol–water partition coefficient (Wildman–Crippen LogP) is 0.0427. The van der Waals surface area contributed by atoms with E-state index in [0.717, 1.165) is 11.3 Å². The topological polar surface area (TPSA) is 76.2 Å². The molecule has 0 atom stereocenters. The smallest absolute Gasteiger partial charge is 0.365 e. The molecule has 10 heavy (non-hydrogen) atoms. The SMILES string of the molecule is Nc1csc(C(=O)O)n1.[Li]. The van der Waals surface area contributed by atoms with Crippen LogP contribution in [0.25, 0.3) is 0 Å². The van der Waals surface area contributed by atoms with Crippen molar-refractivity contribution in [2.75, 3.05) is 5.73 Å². The number of nitrogen functional groups attached to an aromatic ring is 1. The van der Waals surface area contributed by atoms with Gasteiger partial charge in [0.05, 0.1) is 0 Å². The second-order valence-corrected chi connectivity index (χ2v) is 2.24. The van der Waals surface area contributed by atoms with Crippen molar-refractivity contribution in [3.8, 4) is 0 Å². The third-order valence-electron chi connectivity index (χ3n) is 0.705. The Balaban J connectivity index is 0.000000810. The first kappa shape index (κ1) is 9.50. The fourth-order valence-corrected chi connectivity index (χ4v) is 0.928. The molecule has 1 rings (SSSR count). The van der Waals surface area contributed by atoms with Crippen LogP contribution in [0.15, 0.2) is 5.38 Å². The largest absolute Gasteiger partial charge is 0.476 e. The van der Waals surface area contributed by atoms with Crippen LogP contribution < -0.4 is 5.73 Å². The van der Waals surface area contributed by atoms with Crippen LogP contribution in [0.5, 0.6) is 0 Å². The van der Waals surface area contributed by atoms with Gasteiger partial charge in [0.15, 0.2) is 0 Å². The first-order valence-corrected chi connectivity index (χ1v) is 3.02. The average Bonchev–Trinajstić information content (AvgIpc) is 2.14. The quantitative estimate of drug-likeness (QED) is 0.555. The summed E-state index contributed by atoms with van der Waals surface area (Å²) in [7, 11) is 0. The Kier molecular flexibility index (Phi) is 3.43. The molecule has 1 radical (unpaired) electrons. The number of hydrogen-bond donors (Lipinski definition) is 2. The molecule has 0 fully saturated rings. The van der Waals surface area contributed by atoms with Gasteiger partial charge in [0, 0.05) is 24.2 Å². The predicted molar refractivity (Wildman–Crippen MR) is 39.2 cm³/mol. The number of anilines is 1. The van der Waals surface area contributed by atoms with Crippen molar-refractivity contribution in [3.05, 3.63) is 10.4 Å². The molecule has 49 valence electrons. The molecule has 4 nitrogen and oxygen atoms in total. The zero-order valence-electron chi connectivity index (χ0n) is 5.37. The summed E-state index contributed by atoms with van der Waals surface area (Å²) in [6, 6.07) is 0. The maximum Gasteiger partial charge on any atom is 0.365 e. The van der Waals surface area contributed by atoms with Gasteiger partial charge in [-0.3, -0.25) is 0 Å². The Labute approximate surface area is 73.2 Å². The third kappa shape index (κ3) is 2.03. The summed E-state index contributed by atoms with van der Waals surface area (Å²) < 4.78 is 0. The minimum atomic E-state index is -1.03. The van der Waals surface area contributed by atoms with Crippen LogP contribution in [-0.2, 0) is 0 Å². The minimum Gasteiger partial charge on any atom is -0.476 e. The van der Waals surface area contributed by atoms with E-state index in [0.29, 0.717) is 0 Å². The van der Waals surface area contributed by atoms with Crippen molar-refractivity contribution in [2.45, 2.75) is 0 Å². The average molecular weight is 151 g/mol. The molecule has 6 heteroatoms. The molecule has 0 unspecified atom stereocenters. The van der Waals surface area contributed by atoms with E-state index in [2.05, 4.69) is 4.98 Å². The van der Waals surface area contributed by atoms with Gasteiger partial charge < -0.3 is 10.8 Å². The van der Waals surface area contributed by atoms with E-state index in [4.69, 9.17) is 10.8 Å². The molecule has 1 aromatic heterocycles. The van der Waals surface area contributed by atoms with Crippen LogP contribution in [0.4, 0.5) is 5.82 Å². The number of nitrogens with two attached hydrogens (primary N) is 1. The van der Waals surface area contributed by atoms with Crippen molar-refractivity contribution in [3.63, 3.8) is 0 Å². The van der Waals surface area contributed by atoms with Crippen LogP contribution in [-0.4, -0.2) is 34.9 Å². The van der Waals surface area contributed by atoms with Gasteiger partial charge in [0.25, 0.3) is 0 Å². The van der Waals surface area contributed by atoms with E-state index in [1.54, 1.807) is 0 Å². The monoisotopic (exact) mass is 151 g/mol. The molecule has 0 saturated heterocycles. The van der Waals surface area contributed by atoms with Crippen LogP contribution >= 0.6 is 11.3 Å². The normalized spacial score (nSPS) is 8.40. The molecule has 3 N–H and O–H groups in total. The Morgan fingerprint density at radius 3 is 2.60 bits per heavy atom. The molecule has 0 amide bonds. The van der Waals surface area contributed by atoms with Gasteiger partial charge in [-0.25, -0.2) is 9.78 Å². The van der Waals surface area contributed by atoms with Crippen molar-refractivity contribution in [1.82, 2.24) is 4.98 Å². The number of carboxylic acid groups (broad SMARTS) is 1. The fraction of sp³-hybridized carbons (Fsp3) is 0. The number of aromatic nitrogens is 1. The standard InChI is InChI=1S/C4H4N2O2S.Li/c5-2-1-9-3(6-2)4(7)8;/h1H,5H2,(H,7,8);. The summed E-state index contributed by atoms with van der Waals surface area (Å²) in [4.78, 5) is 13.6. The van der Waals surface area contributed by atoms with Gasteiger partial charge in [0.1, 0.15) is 5.82 Å².